The van der Waals surface area contributed by atoms with Crippen LogP contribution in [-0.4, -0.2) is 16.6 Å². The van der Waals surface area contributed by atoms with E-state index in [1.165, 1.54) is 6.33 Å². The van der Waals surface area contributed by atoms with Gasteiger partial charge in [0.15, 0.2) is 11.6 Å². The average molecular weight is 413 g/mol. The summed E-state index contributed by atoms with van der Waals surface area (Å²) >= 11 is 0. The van der Waals surface area contributed by atoms with Gasteiger partial charge in [-0.05, 0) is 55.5 Å². The molecule has 0 amide bonds. The van der Waals surface area contributed by atoms with Crippen molar-refractivity contribution in [3.05, 3.63) is 85.2 Å². The number of nitrogens with two attached hydrogens (primary N) is 1. The molecule has 0 aliphatic heterocycles. The van der Waals surface area contributed by atoms with E-state index in [1.807, 2.05) is 85.8 Å². The molecule has 0 radical (unpaired) electrons. The summed E-state index contributed by atoms with van der Waals surface area (Å²) in [6.07, 6.45) is 1.46. The van der Waals surface area contributed by atoms with Crippen molar-refractivity contribution >= 4 is 28.7 Å². The number of benzene rings is 3. The third-order valence-electron chi connectivity index (χ3n) is 4.42. The number of para-hydroxylation sites is 3. The summed E-state index contributed by atoms with van der Waals surface area (Å²) in [5, 5.41) is 6.45. The Hall–Kier alpha value is -4.26. The minimum Gasteiger partial charge on any atom is -0.492 e. The van der Waals surface area contributed by atoms with E-state index in [0.29, 0.717) is 23.9 Å². The second-order valence-corrected chi connectivity index (χ2v) is 6.60. The minimum atomic E-state index is 0.401. The molecule has 1 aromatic heterocycles. The summed E-state index contributed by atoms with van der Waals surface area (Å²) in [4.78, 5) is 8.55. The highest BCUT2D eigenvalue weighted by molar-refractivity contribution is 5.81. The monoisotopic (exact) mass is 413 g/mol. The predicted molar refractivity (Wildman–Crippen MR) is 124 cm³/mol. The van der Waals surface area contributed by atoms with Gasteiger partial charge in [0, 0.05) is 5.69 Å². The van der Waals surface area contributed by atoms with Gasteiger partial charge in [-0.25, -0.2) is 9.97 Å². The normalized spacial score (nSPS) is 10.4. The average Bonchev–Trinajstić information content (AvgIpc) is 2.80. The Balaban J connectivity index is 1.48. The zero-order chi connectivity index (χ0) is 21.5. The van der Waals surface area contributed by atoms with Gasteiger partial charge in [-0.15, -0.1) is 0 Å². The van der Waals surface area contributed by atoms with Crippen molar-refractivity contribution in [3.63, 3.8) is 0 Å². The van der Waals surface area contributed by atoms with Gasteiger partial charge in [-0.3, -0.25) is 0 Å². The highest BCUT2D eigenvalue weighted by Crippen LogP contribution is 2.32. The molecule has 0 spiro atoms. The van der Waals surface area contributed by atoms with Crippen LogP contribution in [0.1, 0.15) is 6.92 Å². The molecule has 156 valence electrons. The van der Waals surface area contributed by atoms with E-state index in [1.54, 1.807) is 0 Å². The van der Waals surface area contributed by atoms with Crippen LogP contribution >= 0.6 is 0 Å². The van der Waals surface area contributed by atoms with Crippen LogP contribution in [0.15, 0.2) is 85.2 Å². The molecule has 0 saturated heterocycles. The second-order valence-electron chi connectivity index (χ2n) is 6.60. The first kappa shape index (κ1) is 20.0. The minimum absolute atomic E-state index is 0.401. The Kier molecular flexibility index (Phi) is 6.13. The van der Waals surface area contributed by atoms with Crippen LogP contribution in [0.25, 0.3) is 0 Å². The Morgan fingerprint density at radius 2 is 1.42 bits per heavy atom. The van der Waals surface area contributed by atoms with Gasteiger partial charge in [0.25, 0.3) is 0 Å². The van der Waals surface area contributed by atoms with E-state index >= 15 is 0 Å². The lowest BCUT2D eigenvalue weighted by Gasteiger charge is -2.15. The molecule has 1 heterocycles. The molecule has 0 atom stereocenters. The van der Waals surface area contributed by atoms with E-state index in [9.17, 15) is 0 Å². The number of nitrogens with zero attached hydrogens (tertiary/aromatic N) is 2. The molecule has 0 aliphatic carbocycles. The number of ether oxygens (including phenoxy) is 2. The topological polar surface area (TPSA) is 94.3 Å². The van der Waals surface area contributed by atoms with Crippen LogP contribution in [0.4, 0.5) is 28.7 Å². The van der Waals surface area contributed by atoms with Gasteiger partial charge in [0.05, 0.1) is 12.3 Å². The first-order valence-corrected chi connectivity index (χ1v) is 9.92. The molecular formula is C24H23N5O2. The lowest BCUT2D eigenvalue weighted by Crippen LogP contribution is -2.06. The first-order valence-electron chi connectivity index (χ1n) is 9.92. The van der Waals surface area contributed by atoms with Crippen molar-refractivity contribution in [2.45, 2.75) is 6.92 Å². The van der Waals surface area contributed by atoms with Crippen molar-refractivity contribution in [2.75, 3.05) is 23.0 Å². The summed E-state index contributed by atoms with van der Waals surface area (Å²) in [6, 6.07) is 24.8. The molecule has 7 nitrogen and oxygen atoms in total. The molecular weight excluding hydrogens is 390 g/mol. The molecule has 0 saturated carbocycles. The molecule has 0 fully saturated rings. The highest BCUT2D eigenvalue weighted by atomic mass is 16.5. The van der Waals surface area contributed by atoms with Gasteiger partial charge in [-0.1, -0.05) is 30.3 Å². The largest absolute Gasteiger partial charge is 0.492 e. The molecule has 0 bridgehead atoms. The molecule has 4 aromatic rings. The predicted octanol–water partition coefficient (Wildman–Crippen LogP) is 5.74. The Bertz CT molecular complexity index is 1130. The van der Waals surface area contributed by atoms with Crippen LogP contribution in [-0.2, 0) is 0 Å². The van der Waals surface area contributed by atoms with Crippen molar-refractivity contribution in [1.82, 2.24) is 9.97 Å². The van der Waals surface area contributed by atoms with Gasteiger partial charge in [0.1, 0.15) is 29.3 Å². The molecule has 0 unspecified atom stereocenters. The fourth-order valence-corrected chi connectivity index (χ4v) is 2.94. The van der Waals surface area contributed by atoms with Crippen LogP contribution in [0.3, 0.4) is 0 Å². The number of rotatable bonds is 8. The van der Waals surface area contributed by atoms with Crippen molar-refractivity contribution in [1.29, 1.82) is 0 Å². The number of nitrogens with one attached hydrogen (secondary N) is 2. The zero-order valence-electron chi connectivity index (χ0n) is 17.1. The standard InChI is InChI=1S/C24H23N5O2/c1-2-30-21-11-7-6-10-20(21)29-24-22(25)23(26-16-27-24)28-17-12-14-19(15-13-17)31-18-8-4-3-5-9-18/h3-16H,2,25H2,1H3,(H2,26,27,28,29). The SMILES string of the molecule is CCOc1ccccc1Nc1ncnc(Nc2ccc(Oc3ccccc3)cc2)c1N. The second kappa shape index (κ2) is 9.49. The van der Waals surface area contributed by atoms with Gasteiger partial charge in [-0.2, -0.15) is 0 Å². The van der Waals surface area contributed by atoms with Gasteiger partial charge >= 0.3 is 0 Å². The van der Waals surface area contributed by atoms with E-state index in [0.717, 1.165) is 28.6 Å². The Morgan fingerprint density at radius 3 is 2.16 bits per heavy atom. The molecule has 3 aromatic carbocycles. The lowest BCUT2D eigenvalue weighted by molar-refractivity contribution is 0.342. The van der Waals surface area contributed by atoms with Crippen LogP contribution in [0.5, 0.6) is 17.2 Å². The van der Waals surface area contributed by atoms with E-state index in [-0.39, 0.29) is 0 Å². The van der Waals surface area contributed by atoms with E-state index < -0.39 is 0 Å². The van der Waals surface area contributed by atoms with E-state index in [2.05, 4.69) is 20.6 Å². The summed E-state index contributed by atoms with van der Waals surface area (Å²) in [6.45, 7) is 2.50. The van der Waals surface area contributed by atoms with Gasteiger partial charge in [0.2, 0.25) is 0 Å². The molecule has 7 heteroatoms. The van der Waals surface area contributed by atoms with Crippen molar-refractivity contribution in [3.8, 4) is 17.2 Å². The summed E-state index contributed by atoms with van der Waals surface area (Å²) in [7, 11) is 0. The molecule has 4 rings (SSSR count). The highest BCUT2D eigenvalue weighted by Gasteiger charge is 2.11. The van der Waals surface area contributed by atoms with Crippen molar-refractivity contribution < 1.29 is 9.47 Å². The first-order chi connectivity index (χ1) is 15.2. The number of nitrogen functional groups attached to an aromatic ring is 1. The maximum Gasteiger partial charge on any atom is 0.159 e. The Morgan fingerprint density at radius 1 is 0.774 bits per heavy atom. The van der Waals surface area contributed by atoms with Gasteiger partial charge < -0.3 is 25.8 Å². The number of anilines is 5. The number of hydrogen-bond donors (Lipinski definition) is 3. The summed E-state index contributed by atoms with van der Waals surface area (Å²) in [5.74, 6) is 3.25. The fourth-order valence-electron chi connectivity index (χ4n) is 2.94. The molecule has 31 heavy (non-hydrogen) atoms. The zero-order valence-corrected chi connectivity index (χ0v) is 17.1. The maximum atomic E-state index is 6.32. The quantitative estimate of drug-likeness (QED) is 0.339. The third-order valence-corrected chi connectivity index (χ3v) is 4.42. The number of aromatic nitrogens is 2. The van der Waals surface area contributed by atoms with Crippen LogP contribution in [0.2, 0.25) is 0 Å². The molecule has 4 N–H and O–H groups in total. The summed E-state index contributed by atoms with van der Waals surface area (Å²) in [5.41, 5.74) is 8.33. The third kappa shape index (κ3) is 5.02. The lowest BCUT2D eigenvalue weighted by atomic mass is 10.2. The molecule has 0 aliphatic rings. The smallest absolute Gasteiger partial charge is 0.159 e. The Labute approximate surface area is 180 Å². The van der Waals surface area contributed by atoms with E-state index in [4.69, 9.17) is 15.2 Å². The number of hydrogen-bond acceptors (Lipinski definition) is 7. The fraction of sp³-hybridized carbons (Fsp3) is 0.0833. The van der Waals surface area contributed by atoms with Crippen LogP contribution < -0.4 is 25.8 Å². The van der Waals surface area contributed by atoms with Crippen molar-refractivity contribution in [2.24, 2.45) is 0 Å². The maximum absolute atomic E-state index is 6.32. The summed E-state index contributed by atoms with van der Waals surface area (Å²) < 4.78 is 11.5. The van der Waals surface area contributed by atoms with Crippen LogP contribution in [0, 0.1) is 0 Å².